The minimum atomic E-state index is -0.999. The van der Waals surface area contributed by atoms with Gasteiger partial charge in [0, 0.05) is 49.4 Å². The Morgan fingerprint density at radius 1 is 0.975 bits per heavy atom. The van der Waals surface area contributed by atoms with Gasteiger partial charge in [0.25, 0.3) is 11.8 Å². The van der Waals surface area contributed by atoms with Crippen LogP contribution in [0, 0.1) is 5.92 Å². The lowest BCUT2D eigenvalue weighted by Gasteiger charge is -2.34. The summed E-state index contributed by atoms with van der Waals surface area (Å²) in [6.45, 7) is 2.19. The molecule has 1 aromatic heterocycles. The maximum absolute atomic E-state index is 13.3. The number of hydrogen-bond acceptors (Lipinski definition) is 7. The average Bonchev–Trinajstić information content (AvgIpc) is 3.55. The van der Waals surface area contributed by atoms with Gasteiger partial charge in [-0.15, -0.1) is 0 Å². The van der Waals surface area contributed by atoms with Crippen molar-refractivity contribution in [1.82, 2.24) is 24.9 Å². The number of benzene rings is 1. The number of nitrogens with one attached hydrogen (secondary N) is 2. The van der Waals surface area contributed by atoms with Gasteiger partial charge in [0.05, 0.1) is 23.4 Å². The van der Waals surface area contributed by atoms with Gasteiger partial charge in [-0.3, -0.25) is 38.9 Å². The molecule has 11 heteroatoms. The summed E-state index contributed by atoms with van der Waals surface area (Å²) in [5.41, 5.74) is 1.92. The molecule has 3 aliphatic heterocycles. The number of hydrogen-bond donors (Lipinski definition) is 2. The average molecular weight is 547 g/mol. The van der Waals surface area contributed by atoms with E-state index in [-0.39, 0.29) is 35.9 Å². The van der Waals surface area contributed by atoms with Gasteiger partial charge in [-0.25, -0.2) is 0 Å². The first-order valence-electron chi connectivity index (χ1n) is 14.3. The minimum Gasteiger partial charge on any atom is -0.380 e. The Morgan fingerprint density at radius 2 is 1.75 bits per heavy atom. The molecule has 3 fully saturated rings. The van der Waals surface area contributed by atoms with Crippen molar-refractivity contribution in [1.29, 1.82) is 0 Å². The van der Waals surface area contributed by atoms with Crippen LogP contribution in [-0.2, 0) is 20.9 Å². The molecule has 0 spiro atoms. The van der Waals surface area contributed by atoms with Crippen molar-refractivity contribution >= 4 is 35.2 Å². The van der Waals surface area contributed by atoms with Crippen LogP contribution < -0.4 is 10.6 Å². The summed E-state index contributed by atoms with van der Waals surface area (Å²) < 4.78 is 1.98. The molecule has 1 aromatic carbocycles. The highest BCUT2D eigenvalue weighted by molar-refractivity contribution is 6.25. The molecule has 0 bridgehead atoms. The fraction of sp³-hybridized carbons (Fsp3) is 0.517. The van der Waals surface area contributed by atoms with Gasteiger partial charge in [0.15, 0.2) is 0 Å². The first-order chi connectivity index (χ1) is 19.4. The zero-order valence-corrected chi connectivity index (χ0v) is 22.4. The van der Waals surface area contributed by atoms with Crippen LogP contribution in [-0.4, -0.2) is 68.2 Å². The van der Waals surface area contributed by atoms with E-state index in [9.17, 15) is 24.0 Å². The summed E-state index contributed by atoms with van der Waals surface area (Å²) in [6.07, 6.45) is 11.0. The fourth-order valence-electron chi connectivity index (χ4n) is 6.49. The molecule has 5 amide bonds. The van der Waals surface area contributed by atoms with Gasteiger partial charge in [-0.2, -0.15) is 5.10 Å². The van der Waals surface area contributed by atoms with Crippen molar-refractivity contribution in [2.45, 2.75) is 76.4 Å². The van der Waals surface area contributed by atoms with Gasteiger partial charge in [-0.1, -0.05) is 6.07 Å². The first kappa shape index (κ1) is 26.2. The lowest BCUT2D eigenvalue weighted by molar-refractivity contribution is -0.138. The predicted molar refractivity (Wildman–Crippen MR) is 144 cm³/mol. The highest BCUT2D eigenvalue weighted by Gasteiger charge is 2.45. The molecule has 1 atom stereocenters. The number of nitrogens with zero attached hydrogens (tertiary/aromatic N) is 4. The van der Waals surface area contributed by atoms with E-state index in [1.165, 1.54) is 6.42 Å². The smallest absolute Gasteiger partial charge is 0.264 e. The summed E-state index contributed by atoms with van der Waals surface area (Å²) in [5, 5.41) is 10.1. The Hall–Kier alpha value is -4.02. The van der Waals surface area contributed by atoms with Crippen LogP contribution in [0.15, 0.2) is 30.6 Å². The number of amides is 5. The molecular weight excluding hydrogens is 512 g/mol. The van der Waals surface area contributed by atoms with Gasteiger partial charge in [0.1, 0.15) is 6.04 Å². The molecule has 2 saturated heterocycles. The van der Waals surface area contributed by atoms with E-state index < -0.39 is 29.7 Å². The zero-order chi connectivity index (χ0) is 27.8. The molecular formula is C29H34N6O5. The van der Waals surface area contributed by atoms with Gasteiger partial charge < -0.3 is 10.2 Å². The van der Waals surface area contributed by atoms with Crippen LogP contribution in [0.2, 0.25) is 0 Å². The van der Waals surface area contributed by atoms with Crippen LogP contribution in [0.4, 0.5) is 5.69 Å². The van der Waals surface area contributed by atoms with E-state index in [2.05, 4.69) is 20.6 Å². The predicted octanol–water partition coefficient (Wildman–Crippen LogP) is 2.64. The number of rotatable bonds is 6. The SMILES string of the molecule is O=C1CCC(N2C(=O)c3cccc(NCc4cnn([C@H]5CC[C@H](C(=O)N6CCCCC6)CC5)c4)c3C2=O)C(=O)N1. The highest BCUT2D eigenvalue weighted by atomic mass is 16.2. The summed E-state index contributed by atoms with van der Waals surface area (Å²) in [6, 6.07) is 4.27. The number of imide groups is 2. The molecule has 2 N–H and O–H groups in total. The summed E-state index contributed by atoms with van der Waals surface area (Å²) in [4.78, 5) is 66.2. The second-order valence-electron chi connectivity index (χ2n) is 11.2. The third-order valence-corrected chi connectivity index (χ3v) is 8.69. The molecule has 2 aromatic rings. The molecule has 6 rings (SSSR count). The Kier molecular flexibility index (Phi) is 7.12. The van der Waals surface area contributed by atoms with E-state index >= 15 is 0 Å². The van der Waals surface area contributed by atoms with Gasteiger partial charge >= 0.3 is 0 Å². The second kappa shape index (κ2) is 10.9. The van der Waals surface area contributed by atoms with Crippen LogP contribution >= 0.6 is 0 Å². The lowest BCUT2D eigenvalue weighted by Crippen LogP contribution is -2.54. The molecule has 4 aliphatic rings. The lowest BCUT2D eigenvalue weighted by atomic mass is 9.85. The van der Waals surface area contributed by atoms with Crippen LogP contribution in [0.5, 0.6) is 0 Å². The van der Waals surface area contributed by atoms with E-state index in [1.54, 1.807) is 24.4 Å². The number of anilines is 1. The minimum absolute atomic E-state index is 0.0787. The maximum atomic E-state index is 13.3. The first-order valence-corrected chi connectivity index (χ1v) is 14.3. The Labute approximate surface area is 232 Å². The van der Waals surface area contributed by atoms with Crippen LogP contribution in [0.1, 0.15) is 90.1 Å². The third kappa shape index (κ3) is 4.89. The highest BCUT2D eigenvalue weighted by Crippen LogP contribution is 2.35. The number of aromatic nitrogens is 2. The summed E-state index contributed by atoms with van der Waals surface area (Å²) in [5.74, 6) is -1.66. The Bertz CT molecular complexity index is 1350. The third-order valence-electron chi connectivity index (χ3n) is 8.69. The van der Waals surface area contributed by atoms with Crippen molar-refractivity contribution in [2.75, 3.05) is 18.4 Å². The van der Waals surface area contributed by atoms with Crippen molar-refractivity contribution in [3.63, 3.8) is 0 Å². The molecule has 4 heterocycles. The number of carbonyl (C=O) groups is 5. The molecule has 40 heavy (non-hydrogen) atoms. The van der Waals surface area contributed by atoms with Gasteiger partial charge in [-0.05, 0) is 63.5 Å². The molecule has 11 nitrogen and oxygen atoms in total. The van der Waals surface area contributed by atoms with E-state index in [0.717, 1.165) is 62.1 Å². The van der Waals surface area contributed by atoms with Crippen molar-refractivity contribution < 1.29 is 24.0 Å². The standard InChI is InChI=1S/C29H34N6O5/c36-24-12-11-23(26(37)32-24)35-28(39)21-5-4-6-22(25(21)29(35)40)30-15-18-16-31-34(17-18)20-9-7-19(8-10-20)27(38)33-13-2-1-3-14-33/h4-6,16-17,19-20,23,30H,1-3,7-15H2,(H,32,36,37)/t19-,20-,23?. The Morgan fingerprint density at radius 3 is 2.50 bits per heavy atom. The van der Waals surface area contributed by atoms with E-state index in [0.29, 0.717) is 18.1 Å². The number of carbonyl (C=O) groups excluding carboxylic acids is 5. The molecule has 1 aliphatic carbocycles. The molecule has 0 radical (unpaired) electrons. The quantitative estimate of drug-likeness (QED) is 0.532. The van der Waals surface area contributed by atoms with Crippen LogP contribution in [0.3, 0.4) is 0 Å². The normalized spacial score (nSPS) is 25.1. The zero-order valence-electron chi connectivity index (χ0n) is 22.4. The second-order valence-corrected chi connectivity index (χ2v) is 11.2. The van der Waals surface area contributed by atoms with Crippen molar-refractivity contribution in [3.8, 4) is 0 Å². The van der Waals surface area contributed by atoms with Crippen molar-refractivity contribution in [3.05, 3.63) is 47.3 Å². The van der Waals surface area contributed by atoms with E-state index in [1.807, 2.05) is 10.9 Å². The fourth-order valence-corrected chi connectivity index (χ4v) is 6.49. The monoisotopic (exact) mass is 546 g/mol. The summed E-state index contributed by atoms with van der Waals surface area (Å²) in [7, 11) is 0. The van der Waals surface area contributed by atoms with Crippen LogP contribution in [0.25, 0.3) is 0 Å². The van der Waals surface area contributed by atoms with E-state index in [4.69, 9.17) is 0 Å². The van der Waals surface area contributed by atoms with Crippen molar-refractivity contribution in [2.24, 2.45) is 5.92 Å². The molecule has 1 unspecified atom stereocenters. The Balaban J connectivity index is 1.07. The number of likely N-dealkylation sites (tertiary alicyclic amines) is 1. The molecule has 210 valence electrons. The largest absolute Gasteiger partial charge is 0.380 e. The molecule has 1 saturated carbocycles. The topological polar surface area (TPSA) is 134 Å². The van der Waals surface area contributed by atoms with Gasteiger partial charge in [0.2, 0.25) is 17.7 Å². The number of fused-ring (bicyclic) bond motifs is 1. The summed E-state index contributed by atoms with van der Waals surface area (Å²) >= 11 is 0. The number of piperidine rings is 2. The maximum Gasteiger partial charge on any atom is 0.264 e.